The zero-order valence-corrected chi connectivity index (χ0v) is 17.2. The number of para-hydroxylation sites is 1. The van der Waals surface area contributed by atoms with Crippen molar-refractivity contribution in [3.05, 3.63) is 45.8 Å². The number of nitrogens with zero attached hydrogens (tertiary/aromatic N) is 2. The van der Waals surface area contributed by atoms with Gasteiger partial charge in [-0.05, 0) is 36.5 Å². The van der Waals surface area contributed by atoms with Crippen molar-refractivity contribution in [1.82, 2.24) is 4.90 Å². The standard InChI is InChI=1S/C21H23N3O4S/c1-3-28-17-7-5-4-6-14(17)13(2)10-19(25)23-20-16(11-22)15-8-9-24(21(26)27)12-18(15)29-20/h4-7,13H,3,8-10,12H2,1-2H3,(H,23,25)(H,26,27). The summed E-state index contributed by atoms with van der Waals surface area (Å²) in [6.45, 7) is 5.04. The van der Waals surface area contributed by atoms with Crippen molar-refractivity contribution in [2.75, 3.05) is 18.5 Å². The average molecular weight is 413 g/mol. The van der Waals surface area contributed by atoms with Crippen molar-refractivity contribution in [3.8, 4) is 11.8 Å². The first-order valence-electron chi connectivity index (χ1n) is 9.48. The van der Waals surface area contributed by atoms with E-state index < -0.39 is 6.09 Å². The number of ether oxygens (including phenoxy) is 1. The number of carboxylic acid groups (broad SMARTS) is 1. The van der Waals surface area contributed by atoms with Gasteiger partial charge in [0.1, 0.15) is 16.8 Å². The molecule has 1 atom stereocenters. The predicted molar refractivity (Wildman–Crippen MR) is 110 cm³/mol. The molecule has 1 aromatic heterocycles. The van der Waals surface area contributed by atoms with Crippen LogP contribution in [0, 0.1) is 11.3 Å². The van der Waals surface area contributed by atoms with Gasteiger partial charge in [0.2, 0.25) is 5.91 Å². The Kier molecular flexibility index (Phi) is 6.39. The lowest BCUT2D eigenvalue weighted by Crippen LogP contribution is -2.34. The number of hydrogen-bond donors (Lipinski definition) is 2. The third kappa shape index (κ3) is 4.51. The second-order valence-corrected chi connectivity index (χ2v) is 8.00. The van der Waals surface area contributed by atoms with Gasteiger partial charge in [0.25, 0.3) is 0 Å². The molecule has 8 heteroatoms. The second-order valence-electron chi connectivity index (χ2n) is 6.90. The van der Waals surface area contributed by atoms with Crippen molar-refractivity contribution >= 4 is 28.3 Å². The minimum atomic E-state index is -0.977. The number of thiophene rings is 1. The van der Waals surface area contributed by atoms with Crippen molar-refractivity contribution in [1.29, 1.82) is 5.26 Å². The van der Waals surface area contributed by atoms with E-state index in [9.17, 15) is 20.0 Å². The Hall–Kier alpha value is -3.05. The van der Waals surface area contributed by atoms with Crippen LogP contribution in [0.4, 0.5) is 9.80 Å². The Morgan fingerprint density at radius 3 is 2.86 bits per heavy atom. The van der Waals surface area contributed by atoms with Crippen LogP contribution in [-0.2, 0) is 17.8 Å². The Labute approximate surface area is 173 Å². The number of rotatable bonds is 6. The first kappa shape index (κ1) is 20.7. The van der Waals surface area contributed by atoms with Crippen molar-refractivity contribution in [2.45, 2.75) is 39.2 Å². The fourth-order valence-corrected chi connectivity index (χ4v) is 4.74. The number of anilines is 1. The average Bonchev–Trinajstić information content (AvgIpc) is 3.04. The maximum Gasteiger partial charge on any atom is 0.407 e. The van der Waals surface area contributed by atoms with Gasteiger partial charge in [-0.25, -0.2) is 4.79 Å². The van der Waals surface area contributed by atoms with Crippen LogP contribution < -0.4 is 10.1 Å². The number of benzene rings is 1. The van der Waals surface area contributed by atoms with Crippen molar-refractivity contribution in [2.24, 2.45) is 0 Å². The van der Waals surface area contributed by atoms with Crippen LogP contribution in [0.15, 0.2) is 24.3 Å². The smallest absolute Gasteiger partial charge is 0.407 e. The fourth-order valence-electron chi connectivity index (χ4n) is 3.51. The molecule has 29 heavy (non-hydrogen) atoms. The van der Waals surface area contributed by atoms with Gasteiger partial charge in [-0.15, -0.1) is 11.3 Å². The normalized spacial score (nSPS) is 13.9. The van der Waals surface area contributed by atoms with E-state index in [0.29, 0.717) is 30.1 Å². The number of carbonyl (C=O) groups is 2. The van der Waals surface area contributed by atoms with Crippen LogP contribution in [0.5, 0.6) is 5.75 Å². The highest BCUT2D eigenvalue weighted by Crippen LogP contribution is 2.37. The van der Waals surface area contributed by atoms with E-state index in [1.54, 1.807) is 0 Å². The van der Waals surface area contributed by atoms with Crippen LogP contribution in [0.25, 0.3) is 0 Å². The van der Waals surface area contributed by atoms with Gasteiger partial charge in [0, 0.05) is 17.8 Å². The van der Waals surface area contributed by atoms with E-state index >= 15 is 0 Å². The van der Waals surface area contributed by atoms with E-state index in [-0.39, 0.29) is 24.8 Å². The molecular weight excluding hydrogens is 390 g/mol. The van der Waals surface area contributed by atoms with Crippen LogP contribution in [-0.4, -0.2) is 35.2 Å². The lowest BCUT2D eigenvalue weighted by atomic mass is 9.96. The molecule has 7 nitrogen and oxygen atoms in total. The monoisotopic (exact) mass is 413 g/mol. The fraction of sp³-hybridized carbons (Fsp3) is 0.381. The number of carbonyl (C=O) groups excluding carboxylic acids is 1. The van der Waals surface area contributed by atoms with Gasteiger partial charge in [0.05, 0.1) is 18.7 Å². The molecule has 1 unspecified atom stereocenters. The van der Waals surface area contributed by atoms with Gasteiger partial charge in [-0.1, -0.05) is 25.1 Å². The topological polar surface area (TPSA) is 103 Å². The Balaban J connectivity index is 1.73. The SMILES string of the molecule is CCOc1ccccc1C(C)CC(=O)Nc1sc2c(c1C#N)CCN(C(=O)O)C2. The summed E-state index contributed by atoms with van der Waals surface area (Å²) in [6.07, 6.45) is -0.247. The molecule has 3 rings (SSSR count). The molecule has 0 saturated carbocycles. The molecular formula is C21H23N3O4S. The maximum absolute atomic E-state index is 12.7. The third-order valence-corrected chi connectivity index (χ3v) is 6.07. The van der Waals surface area contributed by atoms with Gasteiger partial charge >= 0.3 is 6.09 Å². The summed E-state index contributed by atoms with van der Waals surface area (Å²) in [4.78, 5) is 26.0. The first-order valence-corrected chi connectivity index (χ1v) is 10.3. The van der Waals surface area contributed by atoms with Gasteiger partial charge < -0.3 is 20.1 Å². The Morgan fingerprint density at radius 2 is 2.17 bits per heavy atom. The highest BCUT2D eigenvalue weighted by Gasteiger charge is 2.27. The first-order chi connectivity index (χ1) is 13.9. The predicted octanol–water partition coefficient (Wildman–Crippen LogP) is 4.19. The van der Waals surface area contributed by atoms with Crippen LogP contribution in [0.1, 0.15) is 47.8 Å². The number of hydrogen-bond acceptors (Lipinski definition) is 5. The van der Waals surface area contributed by atoms with E-state index in [4.69, 9.17) is 4.74 Å². The Morgan fingerprint density at radius 1 is 1.41 bits per heavy atom. The summed E-state index contributed by atoms with van der Waals surface area (Å²) in [5, 5.41) is 22.1. The second kappa shape index (κ2) is 8.97. The highest BCUT2D eigenvalue weighted by molar-refractivity contribution is 7.16. The molecule has 0 spiro atoms. The molecule has 152 valence electrons. The molecule has 0 saturated heterocycles. The third-order valence-electron chi connectivity index (χ3n) is 4.93. The van der Waals surface area contributed by atoms with Crippen molar-refractivity contribution in [3.63, 3.8) is 0 Å². The number of fused-ring (bicyclic) bond motifs is 1. The van der Waals surface area contributed by atoms with Crippen LogP contribution >= 0.6 is 11.3 Å². The molecule has 0 fully saturated rings. The number of nitriles is 1. The number of amides is 2. The molecule has 2 aromatic rings. The summed E-state index contributed by atoms with van der Waals surface area (Å²) in [5.41, 5.74) is 2.26. The largest absolute Gasteiger partial charge is 0.494 e. The molecule has 2 amide bonds. The summed E-state index contributed by atoms with van der Waals surface area (Å²) < 4.78 is 5.65. The molecule has 1 aliphatic heterocycles. The van der Waals surface area contributed by atoms with E-state index in [2.05, 4.69) is 11.4 Å². The van der Waals surface area contributed by atoms with E-state index in [1.165, 1.54) is 16.2 Å². The summed E-state index contributed by atoms with van der Waals surface area (Å²) in [5.74, 6) is 0.530. The van der Waals surface area contributed by atoms with E-state index in [0.717, 1.165) is 21.8 Å². The summed E-state index contributed by atoms with van der Waals surface area (Å²) >= 11 is 1.29. The number of nitrogens with one attached hydrogen (secondary N) is 1. The summed E-state index contributed by atoms with van der Waals surface area (Å²) in [6, 6.07) is 9.84. The highest BCUT2D eigenvalue weighted by atomic mass is 32.1. The molecule has 0 bridgehead atoms. The molecule has 0 aliphatic carbocycles. The van der Waals surface area contributed by atoms with Gasteiger partial charge in [0.15, 0.2) is 0 Å². The minimum absolute atomic E-state index is 0.0552. The zero-order chi connectivity index (χ0) is 21.0. The van der Waals surface area contributed by atoms with E-state index in [1.807, 2.05) is 38.1 Å². The quantitative estimate of drug-likeness (QED) is 0.739. The summed E-state index contributed by atoms with van der Waals surface area (Å²) in [7, 11) is 0. The van der Waals surface area contributed by atoms with Crippen LogP contribution in [0.3, 0.4) is 0 Å². The van der Waals surface area contributed by atoms with Crippen LogP contribution in [0.2, 0.25) is 0 Å². The van der Waals surface area contributed by atoms with Gasteiger partial charge in [-0.3, -0.25) is 4.79 Å². The molecule has 2 heterocycles. The molecule has 1 aliphatic rings. The maximum atomic E-state index is 12.7. The lowest BCUT2D eigenvalue weighted by molar-refractivity contribution is -0.116. The zero-order valence-electron chi connectivity index (χ0n) is 16.4. The molecule has 2 N–H and O–H groups in total. The lowest BCUT2D eigenvalue weighted by Gasteiger charge is -2.23. The van der Waals surface area contributed by atoms with Crippen molar-refractivity contribution < 1.29 is 19.4 Å². The molecule has 0 radical (unpaired) electrons. The molecule has 1 aromatic carbocycles. The van der Waals surface area contributed by atoms with Gasteiger partial charge in [-0.2, -0.15) is 5.26 Å². The minimum Gasteiger partial charge on any atom is -0.494 e. The Bertz CT molecular complexity index is 963.